The zero-order valence-corrected chi connectivity index (χ0v) is 8.56. The van der Waals surface area contributed by atoms with Gasteiger partial charge in [-0.3, -0.25) is 9.59 Å². The predicted molar refractivity (Wildman–Crippen MR) is 52.4 cm³/mol. The van der Waals surface area contributed by atoms with E-state index >= 15 is 0 Å². The van der Waals surface area contributed by atoms with Gasteiger partial charge in [0.25, 0.3) is 0 Å². The van der Waals surface area contributed by atoms with Crippen LogP contribution in [0.1, 0.15) is 19.8 Å². The molecule has 0 radical (unpaired) electrons. The Morgan fingerprint density at radius 3 is 2.62 bits per heavy atom. The van der Waals surface area contributed by atoms with Crippen molar-refractivity contribution in [3.05, 3.63) is 0 Å². The first-order valence-corrected chi connectivity index (χ1v) is 5.37. The van der Waals surface area contributed by atoms with Crippen molar-refractivity contribution in [1.29, 1.82) is 0 Å². The molecule has 0 aliphatic carbocycles. The number of hydrogen-bond acceptors (Lipinski definition) is 5. The molecule has 13 heavy (non-hydrogen) atoms. The quantitative estimate of drug-likeness (QED) is 0.389. The van der Waals surface area contributed by atoms with Gasteiger partial charge < -0.3 is 10.5 Å². The number of unbranched alkanes of at least 4 members (excludes halogenated alkanes) is 1. The first-order valence-electron chi connectivity index (χ1n) is 4.22. The number of thioether (sulfide) groups is 1. The van der Waals surface area contributed by atoms with E-state index in [1.165, 1.54) is 11.8 Å². The molecule has 0 amide bonds. The summed E-state index contributed by atoms with van der Waals surface area (Å²) in [6.45, 7) is 1.84. The molecule has 0 rings (SSSR count). The van der Waals surface area contributed by atoms with E-state index in [0.717, 1.165) is 18.6 Å². The van der Waals surface area contributed by atoms with Gasteiger partial charge in [0.15, 0.2) is 0 Å². The fourth-order valence-electron chi connectivity index (χ4n) is 0.600. The van der Waals surface area contributed by atoms with Crippen LogP contribution < -0.4 is 5.73 Å². The van der Waals surface area contributed by atoms with E-state index in [1.807, 2.05) is 0 Å². The van der Waals surface area contributed by atoms with Gasteiger partial charge in [-0.2, -0.15) is 11.8 Å². The molecule has 76 valence electrons. The van der Waals surface area contributed by atoms with Gasteiger partial charge in [-0.25, -0.2) is 0 Å². The van der Waals surface area contributed by atoms with Crippen molar-refractivity contribution in [3.8, 4) is 0 Å². The van der Waals surface area contributed by atoms with E-state index in [4.69, 9.17) is 5.73 Å². The molecule has 0 unspecified atom stereocenters. The molecule has 0 spiro atoms. The maximum atomic E-state index is 10.9. The average molecular weight is 205 g/mol. The van der Waals surface area contributed by atoms with Crippen LogP contribution >= 0.6 is 11.8 Å². The molecular formula is C8H15NO3S. The Kier molecular flexibility index (Phi) is 7.73. The first kappa shape index (κ1) is 12.4. The van der Waals surface area contributed by atoms with Gasteiger partial charge in [0.2, 0.25) is 0 Å². The first-order chi connectivity index (χ1) is 6.20. The lowest BCUT2D eigenvalue weighted by Gasteiger charge is -2.00. The number of carbonyl (C=O) groups is 2. The van der Waals surface area contributed by atoms with E-state index in [9.17, 15) is 9.59 Å². The lowest BCUT2D eigenvalue weighted by atomic mass is 10.4. The highest BCUT2D eigenvalue weighted by molar-refractivity contribution is 7.99. The van der Waals surface area contributed by atoms with Crippen molar-refractivity contribution in [2.24, 2.45) is 5.73 Å². The van der Waals surface area contributed by atoms with Gasteiger partial charge >= 0.3 is 11.9 Å². The summed E-state index contributed by atoms with van der Waals surface area (Å²) in [6.07, 6.45) is 2.17. The number of hydrogen-bond donors (Lipinski definition) is 1. The summed E-state index contributed by atoms with van der Waals surface area (Å²) in [5, 5.41) is 0. The monoisotopic (exact) mass is 205 g/mol. The predicted octanol–water partition coefficient (Wildman–Crippen LogP) is 0.548. The Hall–Kier alpha value is -0.550. The second-order valence-electron chi connectivity index (χ2n) is 2.46. The average Bonchev–Trinajstić information content (AvgIpc) is 2.12. The Morgan fingerprint density at radius 2 is 2.08 bits per heavy atom. The summed E-state index contributed by atoms with van der Waals surface area (Å²) in [4.78, 5) is 21.4. The minimum atomic E-state index is -0.666. The Balaban J connectivity index is 3.35. The Morgan fingerprint density at radius 1 is 1.38 bits per heavy atom. The molecule has 0 saturated carbocycles. The van der Waals surface area contributed by atoms with Crippen LogP contribution in [0.3, 0.4) is 0 Å². The zero-order valence-electron chi connectivity index (χ0n) is 7.75. The van der Waals surface area contributed by atoms with Crippen molar-refractivity contribution in [2.75, 3.05) is 18.1 Å². The van der Waals surface area contributed by atoms with E-state index in [2.05, 4.69) is 11.7 Å². The molecule has 0 fully saturated rings. The number of ether oxygens (including phenoxy) is 1. The van der Waals surface area contributed by atoms with E-state index in [1.54, 1.807) is 0 Å². The summed E-state index contributed by atoms with van der Waals surface area (Å²) in [5.41, 5.74) is 4.96. The van der Waals surface area contributed by atoms with Gasteiger partial charge in [0, 0.05) is 0 Å². The molecule has 0 aliphatic rings. The molecule has 0 aromatic rings. The van der Waals surface area contributed by atoms with Gasteiger partial charge in [-0.15, -0.1) is 0 Å². The van der Waals surface area contributed by atoms with Crippen LogP contribution in [-0.2, 0) is 14.3 Å². The molecule has 0 aromatic carbocycles. The molecule has 4 nitrogen and oxygen atoms in total. The van der Waals surface area contributed by atoms with Crippen molar-refractivity contribution >= 4 is 23.7 Å². The molecular weight excluding hydrogens is 190 g/mol. The molecule has 5 heteroatoms. The maximum Gasteiger partial charge on any atom is 0.327 e. The molecule has 0 atom stereocenters. The van der Waals surface area contributed by atoms with Crippen molar-refractivity contribution in [2.45, 2.75) is 19.8 Å². The fourth-order valence-corrected chi connectivity index (χ4v) is 1.46. The fraction of sp³-hybridized carbons (Fsp3) is 0.750. The lowest BCUT2D eigenvalue weighted by molar-refractivity contribution is -0.156. The van der Waals surface area contributed by atoms with Crippen LogP contribution in [-0.4, -0.2) is 30.0 Å². The highest BCUT2D eigenvalue weighted by Gasteiger charge is 2.07. The molecule has 0 bridgehead atoms. The van der Waals surface area contributed by atoms with Crippen molar-refractivity contribution < 1.29 is 14.3 Å². The van der Waals surface area contributed by atoms with E-state index in [0.29, 0.717) is 0 Å². The summed E-state index contributed by atoms with van der Waals surface area (Å²) in [5.74, 6) is -0.0219. The highest BCUT2D eigenvalue weighted by atomic mass is 32.2. The molecule has 2 N–H and O–H groups in total. The summed E-state index contributed by atoms with van der Waals surface area (Å²) in [7, 11) is 0. The minimum Gasteiger partial charge on any atom is -0.392 e. The van der Waals surface area contributed by atoms with E-state index < -0.39 is 11.9 Å². The van der Waals surface area contributed by atoms with Crippen molar-refractivity contribution in [3.63, 3.8) is 0 Å². The smallest absolute Gasteiger partial charge is 0.327 e. The SMILES string of the molecule is CCCCSCC(=O)OC(=O)CN. The third kappa shape index (κ3) is 7.80. The molecule has 0 aromatic heterocycles. The van der Waals surface area contributed by atoms with Gasteiger partial charge in [0.1, 0.15) is 0 Å². The summed E-state index contributed by atoms with van der Waals surface area (Å²) in [6, 6.07) is 0. The zero-order chi connectivity index (χ0) is 10.1. The van der Waals surface area contributed by atoms with Crippen LogP contribution in [0.5, 0.6) is 0 Å². The topological polar surface area (TPSA) is 69.4 Å². The molecule has 0 heterocycles. The third-order valence-electron chi connectivity index (χ3n) is 1.26. The van der Waals surface area contributed by atoms with Gasteiger partial charge in [0.05, 0.1) is 12.3 Å². The number of nitrogens with two attached hydrogens (primary N) is 1. The lowest BCUT2D eigenvalue weighted by Crippen LogP contribution is -2.21. The molecule has 0 saturated heterocycles. The minimum absolute atomic E-state index is 0.228. The second kappa shape index (κ2) is 8.07. The number of carbonyl (C=O) groups excluding carboxylic acids is 2. The number of rotatable bonds is 6. The second-order valence-corrected chi connectivity index (χ2v) is 3.56. The van der Waals surface area contributed by atoms with Crippen LogP contribution in [0.15, 0.2) is 0 Å². The highest BCUT2D eigenvalue weighted by Crippen LogP contribution is 2.04. The summed E-state index contributed by atoms with van der Waals surface area (Å²) >= 11 is 1.47. The Labute approximate surface area is 82.2 Å². The van der Waals surface area contributed by atoms with Crippen LogP contribution in [0.2, 0.25) is 0 Å². The largest absolute Gasteiger partial charge is 0.392 e. The normalized spacial score (nSPS) is 9.69. The number of esters is 2. The van der Waals surface area contributed by atoms with E-state index in [-0.39, 0.29) is 12.3 Å². The Bertz CT molecular complexity index is 173. The maximum absolute atomic E-state index is 10.9. The third-order valence-corrected chi connectivity index (χ3v) is 2.27. The standard InChI is InChI=1S/C8H15NO3S/c1-2-3-4-13-6-8(11)12-7(10)5-9/h2-6,9H2,1H3. The van der Waals surface area contributed by atoms with Crippen LogP contribution in [0.25, 0.3) is 0 Å². The molecule has 0 aliphatic heterocycles. The van der Waals surface area contributed by atoms with Crippen LogP contribution in [0, 0.1) is 0 Å². The summed E-state index contributed by atoms with van der Waals surface area (Å²) < 4.78 is 4.36. The van der Waals surface area contributed by atoms with Crippen LogP contribution in [0.4, 0.5) is 0 Å². The van der Waals surface area contributed by atoms with Gasteiger partial charge in [-0.1, -0.05) is 13.3 Å². The van der Waals surface area contributed by atoms with Gasteiger partial charge in [-0.05, 0) is 12.2 Å². The van der Waals surface area contributed by atoms with Crippen molar-refractivity contribution in [1.82, 2.24) is 0 Å².